The van der Waals surface area contributed by atoms with E-state index in [-0.39, 0.29) is 14.9 Å². The molecule has 2 aromatic rings. The van der Waals surface area contributed by atoms with Crippen molar-refractivity contribution in [2.45, 2.75) is 0 Å². The number of ether oxygens (including phenoxy) is 2. The lowest BCUT2D eigenvalue weighted by Crippen LogP contribution is -2.44. The Hall–Kier alpha value is -2.26. The van der Waals surface area contributed by atoms with E-state index < -0.39 is 11.8 Å². The Kier molecular flexibility index (Phi) is 6.69. The molecule has 0 bridgehead atoms. The molecule has 150 valence electrons. The summed E-state index contributed by atoms with van der Waals surface area (Å²) in [5, 5.41) is 1.57. The average Bonchev–Trinajstić information content (AvgIpc) is 2.95. The van der Waals surface area contributed by atoms with Gasteiger partial charge in [0.2, 0.25) is 0 Å². The number of carbonyl (C=O) groups excluding carboxylic acids is 2. The largest absolute Gasteiger partial charge is 0.493 e. The van der Waals surface area contributed by atoms with Gasteiger partial charge in [-0.3, -0.25) is 15.0 Å². The molecule has 6 nitrogen and oxygen atoms in total. The molecule has 0 radical (unpaired) electrons. The van der Waals surface area contributed by atoms with Crippen molar-refractivity contribution in [3.05, 3.63) is 62.5 Å². The van der Waals surface area contributed by atoms with Crippen molar-refractivity contribution in [3.8, 4) is 11.5 Å². The fraction of sp³-hybridized carbons (Fsp3) is 0.105. The predicted octanol–water partition coefficient (Wildman–Crippen LogP) is 4.56. The van der Waals surface area contributed by atoms with Crippen molar-refractivity contribution in [2.24, 2.45) is 0 Å². The Labute approximate surface area is 186 Å². The molecule has 1 fully saturated rings. The fourth-order valence-corrected chi connectivity index (χ4v) is 4.23. The molecular weight excluding hydrogens is 455 g/mol. The highest BCUT2D eigenvalue weighted by molar-refractivity contribution is 8.26. The van der Waals surface area contributed by atoms with E-state index in [1.54, 1.807) is 24.3 Å². The molecule has 1 aliphatic rings. The number of thiocarbonyl (C=S) groups is 1. The second kappa shape index (κ2) is 9.04. The van der Waals surface area contributed by atoms with Gasteiger partial charge in [-0.1, -0.05) is 47.1 Å². The lowest BCUT2D eigenvalue weighted by Gasteiger charge is -2.16. The summed E-state index contributed by atoms with van der Waals surface area (Å²) >= 11 is 18.2. The van der Waals surface area contributed by atoms with Crippen LogP contribution in [0.25, 0.3) is 6.08 Å². The summed E-state index contributed by atoms with van der Waals surface area (Å²) in [5.41, 5.74) is 3.29. The number of nitrogens with zero attached hydrogens (tertiary/aromatic N) is 1. The van der Waals surface area contributed by atoms with Crippen molar-refractivity contribution in [2.75, 3.05) is 14.2 Å². The summed E-state index contributed by atoms with van der Waals surface area (Å²) in [6, 6.07) is 9.74. The van der Waals surface area contributed by atoms with E-state index >= 15 is 0 Å². The summed E-state index contributed by atoms with van der Waals surface area (Å²) in [6.45, 7) is 0. The number of thioether (sulfide) groups is 1. The third-order valence-electron chi connectivity index (χ3n) is 3.90. The van der Waals surface area contributed by atoms with Crippen molar-refractivity contribution in [3.63, 3.8) is 0 Å². The molecule has 0 atom stereocenters. The van der Waals surface area contributed by atoms with Crippen LogP contribution in [0.5, 0.6) is 11.5 Å². The van der Waals surface area contributed by atoms with E-state index in [0.29, 0.717) is 27.0 Å². The zero-order valence-electron chi connectivity index (χ0n) is 15.2. The molecule has 1 N–H and O–H groups in total. The zero-order chi connectivity index (χ0) is 21.1. The Bertz CT molecular complexity index is 1040. The standard InChI is InChI=1S/C19H14Cl2N2O4S2/c1-26-14-5-3-4-10(16(14)27-2)8-15-18(25)23(19(28)29-15)22-17(24)12-7-6-11(20)9-13(12)21/h3-9H,1-2H3,(H,22,24). The lowest BCUT2D eigenvalue weighted by atomic mass is 10.1. The van der Waals surface area contributed by atoms with E-state index in [2.05, 4.69) is 5.43 Å². The molecule has 10 heteroatoms. The number of hydrogen-bond acceptors (Lipinski definition) is 6. The summed E-state index contributed by atoms with van der Waals surface area (Å²) in [6.07, 6.45) is 1.63. The quantitative estimate of drug-likeness (QED) is 0.512. The number of para-hydroxylation sites is 1. The first-order valence-corrected chi connectivity index (χ1v) is 10.1. The second-order valence-corrected chi connectivity index (χ2v) is 8.18. The van der Waals surface area contributed by atoms with Gasteiger partial charge in [0.15, 0.2) is 15.8 Å². The number of amides is 2. The molecule has 0 saturated carbocycles. The van der Waals surface area contributed by atoms with Crippen molar-refractivity contribution in [1.82, 2.24) is 10.4 Å². The first-order valence-electron chi connectivity index (χ1n) is 8.10. The average molecular weight is 469 g/mol. The summed E-state index contributed by atoms with van der Waals surface area (Å²) in [4.78, 5) is 25.6. The lowest BCUT2D eigenvalue weighted by molar-refractivity contribution is -0.123. The van der Waals surface area contributed by atoms with Gasteiger partial charge in [-0.05, 0) is 42.6 Å². The minimum atomic E-state index is -0.580. The summed E-state index contributed by atoms with van der Waals surface area (Å²) in [5.74, 6) is -0.0360. The number of nitrogens with one attached hydrogen (secondary N) is 1. The van der Waals surface area contributed by atoms with Gasteiger partial charge in [0.05, 0.1) is 29.7 Å². The van der Waals surface area contributed by atoms with E-state index in [1.807, 2.05) is 0 Å². The van der Waals surface area contributed by atoms with E-state index in [9.17, 15) is 9.59 Å². The monoisotopic (exact) mass is 468 g/mol. The summed E-state index contributed by atoms with van der Waals surface area (Å²) < 4.78 is 10.8. The normalized spacial score (nSPS) is 15.0. The molecule has 0 aliphatic carbocycles. The molecule has 29 heavy (non-hydrogen) atoms. The van der Waals surface area contributed by atoms with Crippen LogP contribution < -0.4 is 14.9 Å². The molecule has 0 unspecified atom stereocenters. The maximum atomic E-state index is 12.8. The third-order valence-corrected chi connectivity index (χ3v) is 5.75. The molecule has 1 aliphatic heterocycles. The van der Waals surface area contributed by atoms with Gasteiger partial charge in [-0.25, -0.2) is 0 Å². The molecule has 0 spiro atoms. The van der Waals surface area contributed by atoms with Gasteiger partial charge in [0, 0.05) is 10.6 Å². The molecule has 2 aromatic carbocycles. The fourth-order valence-electron chi connectivity index (χ4n) is 2.57. The Morgan fingerprint density at radius 2 is 1.97 bits per heavy atom. The number of hydrogen-bond donors (Lipinski definition) is 1. The summed E-state index contributed by atoms with van der Waals surface area (Å²) in [7, 11) is 3.04. The van der Waals surface area contributed by atoms with Crippen LogP contribution in [0, 0.1) is 0 Å². The third kappa shape index (κ3) is 4.51. The van der Waals surface area contributed by atoms with Crippen LogP contribution in [-0.2, 0) is 4.79 Å². The van der Waals surface area contributed by atoms with Crippen LogP contribution in [0.2, 0.25) is 10.0 Å². The first-order chi connectivity index (χ1) is 13.8. The smallest absolute Gasteiger partial charge is 0.285 e. The van der Waals surface area contributed by atoms with Gasteiger partial charge in [0.25, 0.3) is 11.8 Å². The predicted molar refractivity (Wildman–Crippen MR) is 118 cm³/mol. The van der Waals surface area contributed by atoms with Crippen LogP contribution >= 0.6 is 47.2 Å². The number of rotatable bonds is 5. The van der Waals surface area contributed by atoms with Crippen molar-refractivity contribution >= 4 is 69.4 Å². The van der Waals surface area contributed by atoms with Gasteiger partial charge >= 0.3 is 0 Å². The SMILES string of the molecule is COc1cccc(C=C2SC(=S)N(NC(=O)c3ccc(Cl)cc3Cl)C2=O)c1OC. The molecule has 3 rings (SSSR count). The zero-order valence-corrected chi connectivity index (χ0v) is 18.3. The number of carbonyl (C=O) groups is 2. The number of benzene rings is 2. The Morgan fingerprint density at radius 1 is 1.21 bits per heavy atom. The molecule has 0 aromatic heterocycles. The molecule has 2 amide bonds. The molecule has 1 saturated heterocycles. The van der Waals surface area contributed by atoms with Crippen LogP contribution in [0.15, 0.2) is 41.3 Å². The maximum Gasteiger partial charge on any atom is 0.285 e. The van der Waals surface area contributed by atoms with Gasteiger partial charge < -0.3 is 9.47 Å². The maximum absolute atomic E-state index is 12.8. The van der Waals surface area contributed by atoms with Crippen LogP contribution in [-0.4, -0.2) is 35.4 Å². The highest BCUT2D eigenvalue weighted by Crippen LogP contribution is 2.37. The van der Waals surface area contributed by atoms with Crippen molar-refractivity contribution in [1.29, 1.82) is 0 Å². The Balaban J connectivity index is 1.85. The number of hydrazine groups is 1. The second-order valence-electron chi connectivity index (χ2n) is 5.66. The van der Waals surface area contributed by atoms with E-state index in [1.165, 1.54) is 32.4 Å². The van der Waals surface area contributed by atoms with E-state index in [4.69, 9.17) is 44.9 Å². The minimum Gasteiger partial charge on any atom is -0.493 e. The van der Waals surface area contributed by atoms with Gasteiger partial charge in [0.1, 0.15) is 0 Å². The highest BCUT2D eigenvalue weighted by Gasteiger charge is 2.34. The Morgan fingerprint density at radius 3 is 2.62 bits per heavy atom. The van der Waals surface area contributed by atoms with Crippen LogP contribution in [0.4, 0.5) is 0 Å². The first kappa shape index (κ1) is 21.4. The number of methoxy groups -OCH3 is 2. The van der Waals surface area contributed by atoms with Crippen molar-refractivity contribution < 1.29 is 19.1 Å². The van der Waals surface area contributed by atoms with Crippen LogP contribution in [0.3, 0.4) is 0 Å². The highest BCUT2D eigenvalue weighted by atomic mass is 35.5. The number of halogens is 2. The van der Waals surface area contributed by atoms with E-state index in [0.717, 1.165) is 16.8 Å². The van der Waals surface area contributed by atoms with Gasteiger partial charge in [-0.15, -0.1) is 0 Å². The topological polar surface area (TPSA) is 67.9 Å². The minimum absolute atomic E-state index is 0.164. The van der Waals surface area contributed by atoms with Crippen LogP contribution in [0.1, 0.15) is 15.9 Å². The molecule has 1 heterocycles. The molecular formula is C19H14Cl2N2O4S2. The van der Waals surface area contributed by atoms with Gasteiger partial charge in [-0.2, -0.15) is 5.01 Å².